The Kier molecular flexibility index (Phi) is 61.0. The molecule has 1 atom stereocenters. The highest BCUT2D eigenvalue weighted by molar-refractivity contribution is 5.71. The Morgan fingerprint density at radius 1 is 0.266 bits per heavy atom. The van der Waals surface area contributed by atoms with Crippen molar-refractivity contribution in [1.82, 2.24) is 0 Å². The second-order valence-corrected chi connectivity index (χ2v) is 20.2. The molecule has 0 aromatic rings. The molecule has 0 saturated heterocycles. The maximum atomic E-state index is 12.9. The van der Waals surface area contributed by atoms with Crippen LogP contribution in [-0.4, -0.2) is 37.2 Å². The molecular formula is C73H114O6. The van der Waals surface area contributed by atoms with Crippen LogP contribution in [0.5, 0.6) is 0 Å². The number of unbranched alkanes of at least 4 members (excludes halogenated alkanes) is 16. The summed E-state index contributed by atoms with van der Waals surface area (Å²) in [6.45, 7) is 6.32. The van der Waals surface area contributed by atoms with Crippen LogP contribution >= 0.6 is 0 Å². The maximum Gasteiger partial charge on any atom is 0.306 e. The molecule has 0 rings (SSSR count). The molecule has 0 fully saturated rings. The first-order chi connectivity index (χ1) is 39.0. The highest BCUT2D eigenvalue weighted by Crippen LogP contribution is 2.13. The van der Waals surface area contributed by atoms with Gasteiger partial charge in [0.1, 0.15) is 13.2 Å². The van der Waals surface area contributed by atoms with Crippen molar-refractivity contribution in [3.63, 3.8) is 0 Å². The largest absolute Gasteiger partial charge is 0.462 e. The van der Waals surface area contributed by atoms with Crippen LogP contribution in [0.2, 0.25) is 0 Å². The number of allylic oxidation sites excluding steroid dienone is 28. The van der Waals surface area contributed by atoms with Crippen molar-refractivity contribution in [2.45, 2.75) is 258 Å². The SMILES string of the molecule is CC/C=C\C/C=C\C/C=C\C/C=C\C/C=C\C/C=C\C/C=C\C/C=C\CCCCCCCCC(=O)OCC(COC(=O)CCCCCCCCC)OC(=O)CCCCCC/C=C\C/C=C\C/C=C\C/C=C\C/C=C\C/C=C\CC. The summed E-state index contributed by atoms with van der Waals surface area (Å²) in [4.78, 5) is 38.1. The summed E-state index contributed by atoms with van der Waals surface area (Å²) in [7, 11) is 0. The predicted octanol–water partition coefficient (Wildman–Crippen LogP) is 21.9. The van der Waals surface area contributed by atoms with E-state index < -0.39 is 6.10 Å². The van der Waals surface area contributed by atoms with E-state index in [4.69, 9.17) is 14.2 Å². The quantitative estimate of drug-likeness (QED) is 0.0261. The number of hydrogen-bond acceptors (Lipinski definition) is 6. The summed E-state index contributed by atoms with van der Waals surface area (Å²) in [6.07, 6.45) is 96.6. The molecule has 0 bridgehead atoms. The molecule has 6 nitrogen and oxygen atoms in total. The van der Waals surface area contributed by atoms with Crippen LogP contribution in [-0.2, 0) is 28.6 Å². The first kappa shape index (κ1) is 73.8. The van der Waals surface area contributed by atoms with E-state index in [9.17, 15) is 14.4 Å². The lowest BCUT2D eigenvalue weighted by Gasteiger charge is -2.18. The van der Waals surface area contributed by atoms with Crippen molar-refractivity contribution in [3.8, 4) is 0 Å². The Morgan fingerprint density at radius 3 is 0.772 bits per heavy atom. The smallest absolute Gasteiger partial charge is 0.306 e. The molecule has 0 aromatic carbocycles. The fourth-order valence-electron chi connectivity index (χ4n) is 8.05. The van der Waals surface area contributed by atoms with E-state index in [-0.39, 0.29) is 37.5 Å². The van der Waals surface area contributed by atoms with Crippen molar-refractivity contribution < 1.29 is 28.6 Å². The molecular weight excluding hydrogens is 973 g/mol. The van der Waals surface area contributed by atoms with Gasteiger partial charge in [0, 0.05) is 19.3 Å². The summed E-state index contributed by atoms with van der Waals surface area (Å²) in [5, 5.41) is 0. The van der Waals surface area contributed by atoms with Crippen LogP contribution < -0.4 is 0 Å². The molecule has 6 heteroatoms. The van der Waals surface area contributed by atoms with Gasteiger partial charge in [0.05, 0.1) is 0 Å². The molecule has 442 valence electrons. The Bertz CT molecular complexity index is 1820. The molecule has 0 saturated carbocycles. The number of ether oxygens (including phenoxy) is 3. The lowest BCUT2D eigenvalue weighted by molar-refractivity contribution is -0.167. The fourth-order valence-corrected chi connectivity index (χ4v) is 8.05. The number of carbonyl (C=O) groups excluding carboxylic acids is 3. The van der Waals surface area contributed by atoms with E-state index in [1.807, 2.05) is 0 Å². The van der Waals surface area contributed by atoms with E-state index in [2.05, 4.69) is 191 Å². The topological polar surface area (TPSA) is 78.9 Å². The van der Waals surface area contributed by atoms with E-state index in [1.165, 1.54) is 38.5 Å². The van der Waals surface area contributed by atoms with Gasteiger partial charge in [-0.05, 0) is 135 Å². The van der Waals surface area contributed by atoms with Gasteiger partial charge in [-0.2, -0.15) is 0 Å². The Labute approximate surface area is 485 Å². The van der Waals surface area contributed by atoms with Crippen LogP contribution in [0.25, 0.3) is 0 Å². The first-order valence-electron chi connectivity index (χ1n) is 31.6. The monoisotopic (exact) mass is 1090 g/mol. The van der Waals surface area contributed by atoms with Crippen LogP contribution in [0, 0.1) is 0 Å². The zero-order valence-corrected chi connectivity index (χ0v) is 50.6. The minimum Gasteiger partial charge on any atom is -0.462 e. The third kappa shape index (κ3) is 63.5. The van der Waals surface area contributed by atoms with Crippen LogP contribution in [0.1, 0.15) is 252 Å². The second-order valence-electron chi connectivity index (χ2n) is 20.2. The Balaban J connectivity index is 4.28. The van der Waals surface area contributed by atoms with Gasteiger partial charge in [-0.15, -0.1) is 0 Å². The highest BCUT2D eigenvalue weighted by Gasteiger charge is 2.19. The van der Waals surface area contributed by atoms with Gasteiger partial charge >= 0.3 is 17.9 Å². The minimum absolute atomic E-state index is 0.0999. The molecule has 0 aliphatic carbocycles. The molecule has 0 radical (unpaired) electrons. The summed E-state index contributed by atoms with van der Waals surface area (Å²) in [5.41, 5.74) is 0. The summed E-state index contributed by atoms with van der Waals surface area (Å²) in [6, 6.07) is 0. The van der Waals surface area contributed by atoms with E-state index >= 15 is 0 Å². The highest BCUT2D eigenvalue weighted by atomic mass is 16.6. The van der Waals surface area contributed by atoms with Crippen molar-refractivity contribution >= 4 is 17.9 Å². The molecule has 0 aromatic heterocycles. The predicted molar refractivity (Wildman–Crippen MR) is 343 cm³/mol. The van der Waals surface area contributed by atoms with Crippen molar-refractivity contribution in [2.75, 3.05) is 13.2 Å². The van der Waals surface area contributed by atoms with Crippen LogP contribution in [0.3, 0.4) is 0 Å². The molecule has 79 heavy (non-hydrogen) atoms. The van der Waals surface area contributed by atoms with E-state index in [1.54, 1.807) is 0 Å². The van der Waals surface area contributed by atoms with Crippen molar-refractivity contribution in [1.29, 1.82) is 0 Å². The third-order valence-electron chi connectivity index (χ3n) is 12.7. The number of hydrogen-bond donors (Lipinski definition) is 0. The molecule has 0 amide bonds. The Morgan fingerprint density at radius 2 is 0.494 bits per heavy atom. The van der Waals surface area contributed by atoms with Gasteiger partial charge < -0.3 is 14.2 Å². The van der Waals surface area contributed by atoms with Gasteiger partial charge in [0.25, 0.3) is 0 Å². The second kappa shape index (κ2) is 65.3. The van der Waals surface area contributed by atoms with E-state index in [0.717, 1.165) is 173 Å². The lowest BCUT2D eigenvalue weighted by atomic mass is 10.1. The average Bonchev–Trinajstić information content (AvgIpc) is 3.45. The molecule has 1 unspecified atom stereocenters. The van der Waals surface area contributed by atoms with Crippen LogP contribution in [0.15, 0.2) is 170 Å². The van der Waals surface area contributed by atoms with Gasteiger partial charge in [-0.3, -0.25) is 14.4 Å². The lowest BCUT2D eigenvalue weighted by Crippen LogP contribution is -2.30. The van der Waals surface area contributed by atoms with Crippen LogP contribution in [0.4, 0.5) is 0 Å². The number of carbonyl (C=O) groups is 3. The molecule has 0 heterocycles. The first-order valence-corrected chi connectivity index (χ1v) is 31.6. The Hall–Kier alpha value is -5.23. The average molecular weight is 1090 g/mol. The van der Waals surface area contributed by atoms with Gasteiger partial charge in [-0.25, -0.2) is 0 Å². The summed E-state index contributed by atoms with van der Waals surface area (Å²) in [5.74, 6) is -0.954. The van der Waals surface area contributed by atoms with Crippen molar-refractivity contribution in [2.24, 2.45) is 0 Å². The van der Waals surface area contributed by atoms with Gasteiger partial charge in [0.2, 0.25) is 0 Å². The zero-order chi connectivity index (χ0) is 57.1. The summed E-state index contributed by atoms with van der Waals surface area (Å²) >= 11 is 0. The van der Waals surface area contributed by atoms with Gasteiger partial charge in [-0.1, -0.05) is 268 Å². The maximum absolute atomic E-state index is 12.9. The molecule has 0 spiro atoms. The molecule has 0 aliphatic heterocycles. The third-order valence-corrected chi connectivity index (χ3v) is 12.7. The van der Waals surface area contributed by atoms with Crippen molar-refractivity contribution in [3.05, 3.63) is 170 Å². The molecule has 0 aliphatic rings. The van der Waals surface area contributed by atoms with Gasteiger partial charge in [0.15, 0.2) is 6.10 Å². The fraction of sp³-hybridized carbons (Fsp3) is 0.575. The standard InChI is InChI=1S/C73H114O6/c1-4-7-10-13-16-18-20-22-24-26-28-30-32-33-34-35-36-37-38-39-41-42-44-46-48-50-52-54-57-60-63-66-72(75)78-69-70(68-77-71(74)65-62-59-56-15-12-9-6-3)79-73(76)67-64-61-58-55-53-51-49-47-45-43-40-31-29-27-25-23-21-19-17-14-11-8-5-2/h7-8,10-11,16-19,22-25,28-31,33-34,36-37,39,41,43-46,49,51,70H,4-6,9,12-15,20-21,26-27,32,35,38,40,42,47-48,50,52-69H2,1-3H3/b10-7-,11-8-,18-16-,19-17-,24-22-,25-23-,30-28-,31-29-,34-33-,37-36-,41-39-,45-43-,46-44-,51-49-. The zero-order valence-electron chi connectivity index (χ0n) is 50.6. The summed E-state index contributed by atoms with van der Waals surface area (Å²) < 4.78 is 16.8. The normalized spacial score (nSPS) is 13.3. The number of rotatable bonds is 55. The number of esters is 3. The minimum atomic E-state index is -0.805. The molecule has 0 N–H and O–H groups in total. The van der Waals surface area contributed by atoms with E-state index in [0.29, 0.717) is 12.8 Å².